The summed E-state index contributed by atoms with van der Waals surface area (Å²) >= 11 is 0. The van der Waals surface area contributed by atoms with Gasteiger partial charge in [0.25, 0.3) is 0 Å². The predicted octanol–water partition coefficient (Wildman–Crippen LogP) is 1.88. The average Bonchev–Trinajstić information content (AvgIpc) is 2.56. The van der Waals surface area contributed by atoms with Crippen molar-refractivity contribution in [2.24, 2.45) is 11.3 Å². The normalized spacial score (nSPS) is 26.3. The second kappa shape index (κ2) is 5.71. The summed E-state index contributed by atoms with van der Waals surface area (Å²) in [7, 11) is 0. The van der Waals surface area contributed by atoms with Gasteiger partial charge < -0.3 is 15.7 Å². The van der Waals surface area contributed by atoms with Gasteiger partial charge in [0.05, 0.1) is 0 Å². The molecule has 3 atom stereocenters. The summed E-state index contributed by atoms with van der Waals surface area (Å²) in [6.07, 6.45) is 3.41. The third kappa shape index (κ3) is 3.87. The van der Waals surface area contributed by atoms with Gasteiger partial charge in [-0.05, 0) is 31.1 Å². The molecule has 100 valence electrons. The van der Waals surface area contributed by atoms with E-state index in [1.165, 1.54) is 12.8 Å². The Morgan fingerprint density at radius 2 is 2.12 bits per heavy atom. The lowest BCUT2D eigenvalue weighted by Crippen LogP contribution is -2.50. The fourth-order valence-corrected chi connectivity index (χ4v) is 2.30. The summed E-state index contributed by atoms with van der Waals surface area (Å²) in [6.45, 7) is 8.33. The Kier molecular flexibility index (Phi) is 4.80. The highest BCUT2D eigenvalue weighted by atomic mass is 16.3. The molecular weight excluding hydrogens is 216 g/mol. The molecule has 17 heavy (non-hydrogen) atoms. The van der Waals surface area contributed by atoms with Crippen molar-refractivity contribution >= 4 is 6.03 Å². The monoisotopic (exact) mass is 242 g/mol. The van der Waals surface area contributed by atoms with E-state index in [4.69, 9.17) is 5.11 Å². The zero-order valence-electron chi connectivity index (χ0n) is 11.4. The second-order valence-electron chi connectivity index (χ2n) is 6.00. The highest BCUT2D eigenvalue weighted by molar-refractivity contribution is 5.74. The van der Waals surface area contributed by atoms with Crippen molar-refractivity contribution < 1.29 is 9.90 Å². The first-order valence-electron chi connectivity index (χ1n) is 6.54. The van der Waals surface area contributed by atoms with E-state index < -0.39 is 0 Å². The molecule has 0 aromatic heterocycles. The van der Waals surface area contributed by atoms with Crippen LogP contribution in [-0.2, 0) is 0 Å². The van der Waals surface area contributed by atoms with E-state index in [-0.39, 0.29) is 36.1 Å². The molecule has 0 aromatic carbocycles. The number of amides is 2. The highest BCUT2D eigenvalue weighted by Gasteiger charge is 2.35. The SMILES string of the molecule is CC(CO)C(C)NC(=O)NC1CCCC1(C)C. The minimum atomic E-state index is -0.113. The maximum absolute atomic E-state index is 11.8. The Bertz CT molecular complexity index is 266. The van der Waals surface area contributed by atoms with Crippen molar-refractivity contribution in [3.8, 4) is 0 Å². The Morgan fingerprint density at radius 1 is 1.47 bits per heavy atom. The van der Waals surface area contributed by atoms with Crippen molar-refractivity contribution in [2.75, 3.05) is 6.61 Å². The summed E-state index contributed by atoms with van der Waals surface area (Å²) in [5.41, 5.74) is 0.198. The first-order chi connectivity index (χ1) is 7.86. The summed E-state index contributed by atoms with van der Waals surface area (Å²) in [5.74, 6) is 0.0809. The lowest BCUT2D eigenvalue weighted by molar-refractivity contribution is 0.194. The molecule has 1 rings (SSSR count). The molecule has 0 spiro atoms. The fourth-order valence-electron chi connectivity index (χ4n) is 2.30. The maximum atomic E-state index is 11.8. The first-order valence-corrected chi connectivity index (χ1v) is 6.54. The number of hydrogen-bond acceptors (Lipinski definition) is 2. The summed E-state index contributed by atoms with van der Waals surface area (Å²) in [5, 5.41) is 14.9. The van der Waals surface area contributed by atoms with E-state index in [1.807, 2.05) is 13.8 Å². The van der Waals surface area contributed by atoms with Crippen molar-refractivity contribution in [3.63, 3.8) is 0 Å². The molecule has 0 heterocycles. The van der Waals surface area contributed by atoms with Crippen LogP contribution < -0.4 is 10.6 Å². The van der Waals surface area contributed by atoms with E-state index in [9.17, 15) is 4.79 Å². The van der Waals surface area contributed by atoms with Gasteiger partial charge in [0.2, 0.25) is 0 Å². The number of aliphatic hydroxyl groups excluding tert-OH is 1. The van der Waals surface area contributed by atoms with Gasteiger partial charge in [0.1, 0.15) is 0 Å². The van der Waals surface area contributed by atoms with E-state index in [0.29, 0.717) is 0 Å². The maximum Gasteiger partial charge on any atom is 0.315 e. The Morgan fingerprint density at radius 3 is 2.59 bits per heavy atom. The Hall–Kier alpha value is -0.770. The molecule has 4 nitrogen and oxygen atoms in total. The quantitative estimate of drug-likeness (QED) is 0.705. The minimum absolute atomic E-state index is 0.00971. The van der Waals surface area contributed by atoms with Crippen LogP contribution in [0, 0.1) is 11.3 Å². The fraction of sp³-hybridized carbons (Fsp3) is 0.923. The number of nitrogens with one attached hydrogen (secondary N) is 2. The van der Waals surface area contributed by atoms with Crippen LogP contribution in [0.3, 0.4) is 0 Å². The van der Waals surface area contributed by atoms with E-state index in [0.717, 1.165) is 6.42 Å². The number of urea groups is 1. The molecule has 1 aliphatic rings. The van der Waals surface area contributed by atoms with Crippen molar-refractivity contribution in [3.05, 3.63) is 0 Å². The van der Waals surface area contributed by atoms with Crippen LogP contribution >= 0.6 is 0 Å². The van der Waals surface area contributed by atoms with Crippen LogP contribution in [0.2, 0.25) is 0 Å². The number of hydrogen-bond donors (Lipinski definition) is 3. The van der Waals surface area contributed by atoms with Crippen LogP contribution in [0.4, 0.5) is 4.79 Å². The predicted molar refractivity (Wildman–Crippen MR) is 68.8 cm³/mol. The number of aliphatic hydroxyl groups is 1. The molecule has 1 fully saturated rings. The van der Waals surface area contributed by atoms with Crippen LogP contribution in [0.25, 0.3) is 0 Å². The summed E-state index contributed by atoms with van der Waals surface area (Å²) in [6, 6.07) is 0.140. The van der Waals surface area contributed by atoms with Gasteiger partial charge in [-0.25, -0.2) is 4.79 Å². The number of rotatable bonds is 4. The Labute approximate surface area is 104 Å². The van der Waals surface area contributed by atoms with Gasteiger partial charge in [0.15, 0.2) is 0 Å². The molecule has 0 saturated heterocycles. The molecule has 1 saturated carbocycles. The number of carbonyl (C=O) groups is 1. The number of carbonyl (C=O) groups excluding carboxylic acids is 1. The van der Waals surface area contributed by atoms with Gasteiger partial charge >= 0.3 is 6.03 Å². The van der Waals surface area contributed by atoms with Crippen molar-refractivity contribution in [2.45, 2.75) is 59.0 Å². The smallest absolute Gasteiger partial charge is 0.315 e. The summed E-state index contributed by atoms with van der Waals surface area (Å²) < 4.78 is 0. The second-order valence-corrected chi connectivity index (χ2v) is 6.00. The third-order valence-corrected chi connectivity index (χ3v) is 4.06. The van der Waals surface area contributed by atoms with Crippen LogP contribution in [0.5, 0.6) is 0 Å². The molecule has 0 aromatic rings. The molecule has 0 radical (unpaired) electrons. The zero-order valence-corrected chi connectivity index (χ0v) is 11.4. The van der Waals surface area contributed by atoms with Gasteiger partial charge in [-0.3, -0.25) is 0 Å². The van der Waals surface area contributed by atoms with Crippen LogP contribution in [0.1, 0.15) is 47.0 Å². The largest absolute Gasteiger partial charge is 0.396 e. The molecule has 2 amide bonds. The van der Waals surface area contributed by atoms with Crippen LogP contribution in [0.15, 0.2) is 0 Å². The molecular formula is C13H26N2O2. The van der Waals surface area contributed by atoms with Gasteiger partial charge in [-0.15, -0.1) is 0 Å². The van der Waals surface area contributed by atoms with Gasteiger partial charge in [-0.2, -0.15) is 0 Å². The third-order valence-electron chi connectivity index (χ3n) is 4.06. The highest BCUT2D eigenvalue weighted by Crippen LogP contribution is 2.37. The van der Waals surface area contributed by atoms with E-state index in [1.54, 1.807) is 0 Å². The molecule has 3 N–H and O–H groups in total. The van der Waals surface area contributed by atoms with Crippen molar-refractivity contribution in [1.82, 2.24) is 10.6 Å². The molecule has 1 aliphatic carbocycles. The lowest BCUT2D eigenvalue weighted by Gasteiger charge is -2.29. The standard InChI is InChI=1S/C13H26N2O2/c1-9(8-16)10(2)14-12(17)15-11-6-5-7-13(11,3)4/h9-11,16H,5-8H2,1-4H3,(H2,14,15,17). The molecule has 0 bridgehead atoms. The van der Waals surface area contributed by atoms with Gasteiger partial charge in [0, 0.05) is 18.7 Å². The van der Waals surface area contributed by atoms with E-state index in [2.05, 4.69) is 24.5 Å². The Balaban J connectivity index is 2.39. The zero-order chi connectivity index (χ0) is 13.1. The van der Waals surface area contributed by atoms with Crippen LogP contribution in [-0.4, -0.2) is 29.8 Å². The molecule has 4 heteroatoms. The lowest BCUT2D eigenvalue weighted by atomic mass is 9.87. The van der Waals surface area contributed by atoms with E-state index >= 15 is 0 Å². The first kappa shape index (κ1) is 14.3. The average molecular weight is 242 g/mol. The minimum Gasteiger partial charge on any atom is -0.396 e. The topological polar surface area (TPSA) is 61.4 Å². The van der Waals surface area contributed by atoms with Gasteiger partial charge in [-0.1, -0.05) is 27.2 Å². The summed E-state index contributed by atoms with van der Waals surface area (Å²) in [4.78, 5) is 11.8. The van der Waals surface area contributed by atoms with Crippen molar-refractivity contribution in [1.29, 1.82) is 0 Å². The molecule has 3 unspecified atom stereocenters. The molecule has 0 aliphatic heterocycles.